The minimum absolute atomic E-state index is 0. The standard InChI is InChI=1S/C11H14O.C10H20O3.CH4/c1-8(2)10-6-4-5-7-11(10)9(3)12;1-6(2)8(5)9(11)10(12)13-7(3)4;/h4-8H,1-3H3;6-9,11H,1-5H3;1H4. The van der Waals surface area contributed by atoms with Crippen LogP contribution in [0.25, 0.3) is 0 Å². The van der Waals surface area contributed by atoms with Crippen LogP contribution in [0, 0.1) is 11.8 Å². The molecule has 1 aromatic rings. The topological polar surface area (TPSA) is 63.6 Å². The largest absolute Gasteiger partial charge is 0.461 e. The van der Waals surface area contributed by atoms with Gasteiger partial charge in [0.15, 0.2) is 11.9 Å². The summed E-state index contributed by atoms with van der Waals surface area (Å²) < 4.78 is 4.89. The molecule has 0 aliphatic heterocycles. The van der Waals surface area contributed by atoms with Gasteiger partial charge in [-0.1, -0.05) is 66.3 Å². The number of hydrogen-bond donors (Lipinski definition) is 1. The van der Waals surface area contributed by atoms with Gasteiger partial charge < -0.3 is 9.84 Å². The molecule has 0 saturated carbocycles. The lowest BCUT2D eigenvalue weighted by Crippen LogP contribution is -2.33. The first kappa shape index (κ1) is 26.5. The average molecular weight is 367 g/mol. The molecule has 0 radical (unpaired) electrons. The quantitative estimate of drug-likeness (QED) is 0.552. The maximum absolute atomic E-state index is 11.2. The predicted octanol–water partition coefficient (Wildman–Crippen LogP) is 5.24. The van der Waals surface area contributed by atoms with Gasteiger partial charge in [0, 0.05) is 5.56 Å². The first-order chi connectivity index (χ1) is 11.5. The Balaban J connectivity index is 0. The summed E-state index contributed by atoms with van der Waals surface area (Å²) in [5.74, 6) is 0.265. The zero-order chi connectivity index (χ0) is 19.7. The number of ether oxygens (including phenoxy) is 1. The molecule has 2 atom stereocenters. The second-order valence-corrected chi connectivity index (χ2v) is 7.33. The van der Waals surface area contributed by atoms with E-state index < -0.39 is 12.1 Å². The summed E-state index contributed by atoms with van der Waals surface area (Å²) in [6, 6.07) is 7.78. The van der Waals surface area contributed by atoms with Crippen LogP contribution in [0.1, 0.15) is 84.7 Å². The van der Waals surface area contributed by atoms with E-state index in [9.17, 15) is 14.7 Å². The van der Waals surface area contributed by atoms with Gasteiger partial charge >= 0.3 is 5.97 Å². The summed E-state index contributed by atoms with van der Waals surface area (Å²) in [7, 11) is 0. The first-order valence-corrected chi connectivity index (χ1v) is 8.97. The summed E-state index contributed by atoms with van der Waals surface area (Å²) in [5.41, 5.74) is 2.00. The molecule has 0 spiro atoms. The second kappa shape index (κ2) is 12.6. The number of ketones is 1. The van der Waals surface area contributed by atoms with Gasteiger partial charge in [-0.2, -0.15) is 0 Å². The van der Waals surface area contributed by atoms with Gasteiger partial charge in [-0.05, 0) is 44.1 Å². The molecule has 1 aromatic carbocycles. The van der Waals surface area contributed by atoms with Crippen molar-refractivity contribution in [1.82, 2.24) is 0 Å². The van der Waals surface area contributed by atoms with Crippen LogP contribution in [0.3, 0.4) is 0 Å². The number of aliphatic hydroxyl groups excluding tert-OH is 1. The third kappa shape index (κ3) is 9.14. The van der Waals surface area contributed by atoms with Gasteiger partial charge in [0.05, 0.1) is 6.10 Å². The Bertz CT molecular complexity index is 547. The Morgan fingerprint density at radius 2 is 1.46 bits per heavy atom. The van der Waals surface area contributed by atoms with Crippen molar-refractivity contribution in [2.75, 3.05) is 0 Å². The van der Waals surface area contributed by atoms with Gasteiger partial charge in [-0.15, -0.1) is 0 Å². The Labute approximate surface area is 160 Å². The monoisotopic (exact) mass is 366 g/mol. The smallest absolute Gasteiger partial charge is 0.335 e. The van der Waals surface area contributed by atoms with Crippen molar-refractivity contribution in [1.29, 1.82) is 0 Å². The number of aliphatic hydroxyl groups is 1. The number of benzene rings is 1. The van der Waals surface area contributed by atoms with Crippen molar-refractivity contribution in [3.05, 3.63) is 35.4 Å². The number of esters is 1. The zero-order valence-corrected chi connectivity index (χ0v) is 16.9. The molecular formula is C22H38O4. The van der Waals surface area contributed by atoms with Crippen LogP contribution in [0.15, 0.2) is 24.3 Å². The fourth-order valence-electron chi connectivity index (χ4n) is 2.20. The van der Waals surface area contributed by atoms with Gasteiger partial charge in [0.2, 0.25) is 0 Å². The molecule has 1 rings (SSSR count). The number of hydrogen-bond acceptors (Lipinski definition) is 4. The summed E-state index contributed by atoms with van der Waals surface area (Å²) in [4.78, 5) is 22.4. The van der Waals surface area contributed by atoms with Gasteiger partial charge in [0.25, 0.3) is 0 Å². The van der Waals surface area contributed by atoms with Crippen molar-refractivity contribution in [3.8, 4) is 0 Å². The van der Waals surface area contributed by atoms with E-state index in [1.54, 1.807) is 20.8 Å². The van der Waals surface area contributed by atoms with Crippen molar-refractivity contribution in [3.63, 3.8) is 0 Å². The fourth-order valence-corrected chi connectivity index (χ4v) is 2.20. The molecule has 4 heteroatoms. The van der Waals surface area contributed by atoms with Crippen molar-refractivity contribution in [2.24, 2.45) is 11.8 Å². The average Bonchev–Trinajstić information content (AvgIpc) is 2.53. The van der Waals surface area contributed by atoms with Crippen LogP contribution >= 0.6 is 0 Å². The normalized spacial score (nSPS) is 12.8. The second-order valence-electron chi connectivity index (χ2n) is 7.33. The summed E-state index contributed by atoms with van der Waals surface area (Å²) >= 11 is 0. The van der Waals surface area contributed by atoms with Crippen LogP contribution in [0.2, 0.25) is 0 Å². The van der Waals surface area contributed by atoms with Gasteiger partial charge in [0.1, 0.15) is 0 Å². The van der Waals surface area contributed by atoms with E-state index in [1.807, 2.05) is 45.0 Å². The fraction of sp³-hybridized carbons (Fsp3) is 0.636. The Kier molecular flexibility index (Phi) is 12.9. The molecule has 0 amide bonds. The third-order valence-electron chi connectivity index (χ3n) is 4.11. The van der Waals surface area contributed by atoms with Crippen LogP contribution < -0.4 is 0 Å². The Morgan fingerprint density at radius 3 is 1.81 bits per heavy atom. The number of carbonyl (C=O) groups is 2. The highest BCUT2D eigenvalue weighted by atomic mass is 16.6. The van der Waals surface area contributed by atoms with Crippen LogP contribution in [-0.2, 0) is 9.53 Å². The van der Waals surface area contributed by atoms with Crippen molar-refractivity contribution in [2.45, 2.75) is 80.9 Å². The summed E-state index contributed by atoms with van der Waals surface area (Å²) in [5, 5.41) is 9.53. The molecule has 26 heavy (non-hydrogen) atoms. The molecule has 0 aliphatic carbocycles. The predicted molar refractivity (Wildman–Crippen MR) is 109 cm³/mol. The molecule has 0 aromatic heterocycles. The first-order valence-electron chi connectivity index (χ1n) is 8.97. The zero-order valence-electron chi connectivity index (χ0n) is 16.9. The van der Waals surface area contributed by atoms with Crippen LogP contribution in [-0.4, -0.2) is 29.1 Å². The molecule has 0 saturated heterocycles. The van der Waals surface area contributed by atoms with E-state index in [1.165, 1.54) is 0 Å². The van der Waals surface area contributed by atoms with E-state index in [4.69, 9.17) is 4.74 Å². The van der Waals surface area contributed by atoms with Crippen LogP contribution in [0.4, 0.5) is 0 Å². The lowest BCUT2D eigenvalue weighted by molar-refractivity contribution is -0.161. The molecule has 4 nitrogen and oxygen atoms in total. The Hall–Kier alpha value is -1.68. The molecule has 0 fully saturated rings. The minimum Gasteiger partial charge on any atom is -0.461 e. The SMILES string of the molecule is C.CC(=O)c1ccccc1C(C)C.CC(C)OC(=O)C(O)C(C)C(C)C. The highest BCUT2D eigenvalue weighted by Crippen LogP contribution is 2.19. The third-order valence-corrected chi connectivity index (χ3v) is 4.11. The van der Waals surface area contributed by atoms with E-state index in [0.29, 0.717) is 5.92 Å². The molecule has 150 valence electrons. The lowest BCUT2D eigenvalue weighted by Gasteiger charge is -2.21. The Morgan fingerprint density at radius 1 is 0.962 bits per heavy atom. The highest BCUT2D eigenvalue weighted by molar-refractivity contribution is 5.95. The number of rotatable bonds is 6. The molecule has 0 heterocycles. The number of carbonyl (C=O) groups excluding carboxylic acids is 2. The molecule has 2 unspecified atom stereocenters. The maximum atomic E-state index is 11.2. The lowest BCUT2D eigenvalue weighted by atomic mass is 9.92. The summed E-state index contributed by atoms with van der Waals surface area (Å²) in [6.45, 7) is 15.1. The van der Waals surface area contributed by atoms with E-state index in [-0.39, 0.29) is 31.1 Å². The maximum Gasteiger partial charge on any atom is 0.335 e. The van der Waals surface area contributed by atoms with Gasteiger partial charge in [-0.3, -0.25) is 4.79 Å². The van der Waals surface area contributed by atoms with Crippen molar-refractivity contribution < 1.29 is 19.4 Å². The van der Waals surface area contributed by atoms with Crippen molar-refractivity contribution >= 4 is 11.8 Å². The van der Waals surface area contributed by atoms with E-state index in [0.717, 1.165) is 11.1 Å². The molecular weight excluding hydrogens is 328 g/mol. The highest BCUT2D eigenvalue weighted by Gasteiger charge is 2.26. The number of Topliss-reactive ketones (excluding diaryl/α,β-unsaturated/α-hetero) is 1. The molecule has 0 bridgehead atoms. The van der Waals surface area contributed by atoms with E-state index in [2.05, 4.69) is 13.8 Å². The van der Waals surface area contributed by atoms with Crippen LogP contribution in [0.5, 0.6) is 0 Å². The summed E-state index contributed by atoms with van der Waals surface area (Å²) in [6.07, 6.45) is -1.16. The molecule has 1 N–H and O–H groups in total. The molecule has 0 aliphatic rings. The minimum atomic E-state index is -0.998. The van der Waals surface area contributed by atoms with E-state index >= 15 is 0 Å². The van der Waals surface area contributed by atoms with Gasteiger partial charge in [-0.25, -0.2) is 4.79 Å².